The largest absolute Gasteiger partial charge is 0.486 e. The Hall–Kier alpha value is -2.44. The highest BCUT2D eigenvalue weighted by atomic mass is 35.5. The predicted octanol–water partition coefficient (Wildman–Crippen LogP) is 2.87. The number of rotatable bonds is 4. The molecule has 1 N–H and O–H groups in total. The fraction of sp³-hybridized carbons (Fsp3) is 0.350. The molecule has 1 fully saturated rings. The zero-order valence-electron chi connectivity index (χ0n) is 15.0. The number of fused-ring (bicyclic) bond motifs is 1. The summed E-state index contributed by atoms with van der Waals surface area (Å²) in [6.45, 7) is 4.93. The molecule has 6 nitrogen and oxygen atoms in total. The lowest BCUT2D eigenvalue weighted by molar-refractivity contribution is -0.117. The molecule has 2 aromatic carbocycles. The van der Waals surface area contributed by atoms with Crippen molar-refractivity contribution in [1.82, 2.24) is 4.90 Å². The number of hydrogen-bond acceptors (Lipinski definition) is 5. The molecule has 0 atom stereocenters. The van der Waals surface area contributed by atoms with E-state index in [1.807, 2.05) is 42.5 Å². The second kappa shape index (κ2) is 8.06. The van der Waals surface area contributed by atoms with Crippen molar-refractivity contribution in [1.29, 1.82) is 0 Å². The van der Waals surface area contributed by atoms with Gasteiger partial charge in [-0.3, -0.25) is 9.69 Å². The SMILES string of the molecule is O=C(CN1CCN(c2ccc(Cl)cc2)CC1)Nc1ccc2c(c1)OCCO2. The highest BCUT2D eigenvalue weighted by molar-refractivity contribution is 6.30. The molecule has 4 rings (SSSR count). The van der Waals surface area contributed by atoms with E-state index in [9.17, 15) is 4.79 Å². The van der Waals surface area contributed by atoms with Crippen LogP contribution in [0.1, 0.15) is 0 Å². The summed E-state index contributed by atoms with van der Waals surface area (Å²) >= 11 is 5.95. The number of ether oxygens (including phenoxy) is 2. The van der Waals surface area contributed by atoms with Gasteiger partial charge in [0, 0.05) is 48.6 Å². The Labute approximate surface area is 163 Å². The Kier molecular flexibility index (Phi) is 5.36. The number of halogens is 1. The van der Waals surface area contributed by atoms with Crippen LogP contribution in [0.5, 0.6) is 11.5 Å². The van der Waals surface area contributed by atoms with Crippen molar-refractivity contribution in [3.8, 4) is 11.5 Å². The Morgan fingerprint density at radius 1 is 0.963 bits per heavy atom. The topological polar surface area (TPSA) is 54.0 Å². The number of piperazine rings is 1. The van der Waals surface area contributed by atoms with Gasteiger partial charge >= 0.3 is 0 Å². The van der Waals surface area contributed by atoms with Crippen molar-refractivity contribution in [3.05, 3.63) is 47.5 Å². The van der Waals surface area contributed by atoms with Crippen LogP contribution in [-0.2, 0) is 4.79 Å². The molecule has 2 heterocycles. The Bertz CT molecular complexity index is 805. The highest BCUT2D eigenvalue weighted by Crippen LogP contribution is 2.32. The van der Waals surface area contributed by atoms with Crippen molar-refractivity contribution in [3.63, 3.8) is 0 Å². The van der Waals surface area contributed by atoms with Gasteiger partial charge < -0.3 is 19.7 Å². The van der Waals surface area contributed by atoms with E-state index >= 15 is 0 Å². The minimum Gasteiger partial charge on any atom is -0.486 e. The lowest BCUT2D eigenvalue weighted by atomic mass is 10.2. The summed E-state index contributed by atoms with van der Waals surface area (Å²) in [6.07, 6.45) is 0. The average molecular weight is 388 g/mol. The van der Waals surface area contributed by atoms with Crippen molar-refractivity contribution in [2.24, 2.45) is 0 Å². The molecule has 0 aliphatic carbocycles. The van der Waals surface area contributed by atoms with Gasteiger partial charge in [0.25, 0.3) is 0 Å². The maximum atomic E-state index is 12.4. The lowest BCUT2D eigenvalue weighted by Crippen LogP contribution is -2.48. The zero-order valence-corrected chi connectivity index (χ0v) is 15.7. The van der Waals surface area contributed by atoms with E-state index in [1.54, 1.807) is 0 Å². The number of amides is 1. The third-order valence-corrected chi connectivity index (χ3v) is 5.01. The van der Waals surface area contributed by atoms with Gasteiger partial charge in [0.15, 0.2) is 11.5 Å². The van der Waals surface area contributed by atoms with Gasteiger partial charge in [0.2, 0.25) is 5.91 Å². The molecule has 0 radical (unpaired) electrons. The van der Waals surface area contributed by atoms with Crippen LogP contribution in [0, 0.1) is 0 Å². The Morgan fingerprint density at radius 3 is 2.41 bits per heavy atom. The van der Waals surface area contributed by atoms with E-state index in [4.69, 9.17) is 21.1 Å². The maximum Gasteiger partial charge on any atom is 0.238 e. The summed E-state index contributed by atoms with van der Waals surface area (Å²) < 4.78 is 11.1. The number of benzene rings is 2. The van der Waals surface area contributed by atoms with Gasteiger partial charge in [-0.15, -0.1) is 0 Å². The van der Waals surface area contributed by atoms with Gasteiger partial charge in [-0.1, -0.05) is 11.6 Å². The van der Waals surface area contributed by atoms with Crippen LogP contribution < -0.4 is 19.7 Å². The monoisotopic (exact) mass is 387 g/mol. The fourth-order valence-electron chi connectivity index (χ4n) is 3.34. The maximum absolute atomic E-state index is 12.4. The van der Waals surface area contributed by atoms with Crippen LogP contribution in [-0.4, -0.2) is 56.7 Å². The molecule has 0 unspecified atom stereocenters. The molecule has 2 aliphatic heterocycles. The summed E-state index contributed by atoms with van der Waals surface area (Å²) in [6, 6.07) is 13.4. The van der Waals surface area contributed by atoms with Crippen molar-refractivity contribution in [2.75, 3.05) is 56.2 Å². The quantitative estimate of drug-likeness (QED) is 0.874. The summed E-state index contributed by atoms with van der Waals surface area (Å²) in [7, 11) is 0. The van der Waals surface area contributed by atoms with Gasteiger partial charge in [0.05, 0.1) is 6.54 Å². The van der Waals surface area contributed by atoms with E-state index in [0.29, 0.717) is 25.5 Å². The number of nitrogens with one attached hydrogen (secondary N) is 1. The number of carbonyl (C=O) groups excluding carboxylic acids is 1. The molecule has 2 aliphatic rings. The molecular formula is C20H22ClN3O3. The zero-order chi connectivity index (χ0) is 18.6. The minimum atomic E-state index is -0.0216. The Balaban J connectivity index is 1.27. The van der Waals surface area contributed by atoms with Crippen LogP contribution >= 0.6 is 11.6 Å². The summed E-state index contributed by atoms with van der Waals surface area (Å²) in [5, 5.41) is 3.69. The molecule has 27 heavy (non-hydrogen) atoms. The van der Waals surface area contributed by atoms with Crippen LogP contribution in [0.15, 0.2) is 42.5 Å². The van der Waals surface area contributed by atoms with Crippen LogP contribution in [0.4, 0.5) is 11.4 Å². The number of carbonyl (C=O) groups is 1. The van der Waals surface area contributed by atoms with E-state index in [-0.39, 0.29) is 5.91 Å². The first kappa shape index (κ1) is 17.9. The molecule has 0 bridgehead atoms. The van der Waals surface area contributed by atoms with Crippen molar-refractivity contribution in [2.45, 2.75) is 0 Å². The second-order valence-electron chi connectivity index (χ2n) is 6.65. The summed E-state index contributed by atoms with van der Waals surface area (Å²) in [5.74, 6) is 1.37. The standard InChI is InChI=1S/C20H22ClN3O3/c21-15-1-4-17(5-2-15)24-9-7-23(8-10-24)14-20(25)22-16-3-6-18-19(13-16)27-12-11-26-18/h1-6,13H,7-12,14H2,(H,22,25). The smallest absolute Gasteiger partial charge is 0.238 e. The minimum absolute atomic E-state index is 0.0216. The van der Waals surface area contributed by atoms with Gasteiger partial charge in [-0.25, -0.2) is 0 Å². The molecule has 2 aromatic rings. The number of nitrogens with zero attached hydrogens (tertiary/aromatic N) is 2. The summed E-state index contributed by atoms with van der Waals surface area (Å²) in [5.41, 5.74) is 1.89. The van der Waals surface area contributed by atoms with Crippen LogP contribution in [0.25, 0.3) is 0 Å². The predicted molar refractivity (Wildman–Crippen MR) is 106 cm³/mol. The van der Waals surface area contributed by atoms with Crippen molar-refractivity contribution >= 4 is 28.9 Å². The van der Waals surface area contributed by atoms with Crippen LogP contribution in [0.2, 0.25) is 5.02 Å². The molecule has 1 amide bonds. The fourth-order valence-corrected chi connectivity index (χ4v) is 3.47. The third kappa shape index (κ3) is 4.46. The average Bonchev–Trinajstić information content (AvgIpc) is 2.69. The molecule has 0 saturated carbocycles. The normalized spacial score (nSPS) is 16.9. The van der Waals surface area contributed by atoms with Crippen molar-refractivity contribution < 1.29 is 14.3 Å². The van der Waals surface area contributed by atoms with E-state index < -0.39 is 0 Å². The number of anilines is 2. The van der Waals surface area contributed by atoms with Crippen LogP contribution in [0.3, 0.4) is 0 Å². The molecule has 142 valence electrons. The Morgan fingerprint density at radius 2 is 1.67 bits per heavy atom. The number of hydrogen-bond donors (Lipinski definition) is 1. The van der Waals surface area contributed by atoms with Gasteiger partial charge in [-0.2, -0.15) is 0 Å². The first-order valence-electron chi connectivity index (χ1n) is 9.10. The molecule has 7 heteroatoms. The van der Waals surface area contributed by atoms with Gasteiger partial charge in [0.1, 0.15) is 13.2 Å². The van der Waals surface area contributed by atoms with E-state index in [2.05, 4.69) is 15.1 Å². The molecule has 0 aromatic heterocycles. The third-order valence-electron chi connectivity index (χ3n) is 4.76. The van der Waals surface area contributed by atoms with Gasteiger partial charge in [-0.05, 0) is 36.4 Å². The van der Waals surface area contributed by atoms with E-state index in [1.165, 1.54) is 5.69 Å². The molecular weight excluding hydrogens is 366 g/mol. The summed E-state index contributed by atoms with van der Waals surface area (Å²) in [4.78, 5) is 16.9. The highest BCUT2D eigenvalue weighted by Gasteiger charge is 2.20. The lowest BCUT2D eigenvalue weighted by Gasteiger charge is -2.35. The molecule has 1 saturated heterocycles. The molecule has 0 spiro atoms. The second-order valence-corrected chi connectivity index (χ2v) is 7.08. The van der Waals surface area contributed by atoms with E-state index in [0.717, 1.165) is 42.6 Å². The first-order chi connectivity index (χ1) is 13.2. The first-order valence-corrected chi connectivity index (χ1v) is 9.47.